The molecule has 0 unspecified atom stereocenters. The van der Waals surface area contributed by atoms with Crippen LogP contribution in [0.4, 0.5) is 5.69 Å². The van der Waals surface area contributed by atoms with E-state index in [1.807, 2.05) is 0 Å². The zero-order valence-electron chi connectivity index (χ0n) is 15.8. The average Bonchev–Trinajstić information content (AvgIpc) is 2.91. The first-order valence-corrected chi connectivity index (χ1v) is 11.7. The number of halogens is 2. The summed E-state index contributed by atoms with van der Waals surface area (Å²) >= 11 is 11.9. The zero-order chi connectivity index (χ0) is 21.8. The van der Waals surface area contributed by atoms with Crippen molar-refractivity contribution in [3.63, 3.8) is 0 Å². The third-order valence-corrected chi connectivity index (χ3v) is 7.09. The second-order valence-corrected chi connectivity index (χ2v) is 9.93. The van der Waals surface area contributed by atoms with Crippen molar-refractivity contribution in [3.05, 3.63) is 62.6 Å². The van der Waals surface area contributed by atoms with Crippen LogP contribution in [0.15, 0.2) is 30.3 Å². The number of ketones is 1. The van der Waals surface area contributed by atoms with Crippen LogP contribution in [0.5, 0.6) is 0 Å². The molecule has 0 atom stereocenters. The van der Waals surface area contributed by atoms with Gasteiger partial charge in [0.1, 0.15) is 0 Å². The van der Waals surface area contributed by atoms with Crippen molar-refractivity contribution in [1.82, 2.24) is 4.90 Å². The fourth-order valence-corrected chi connectivity index (χ4v) is 5.07. The van der Waals surface area contributed by atoms with E-state index in [4.69, 9.17) is 23.2 Å². The molecule has 2 aliphatic rings. The minimum absolute atomic E-state index is 0.108. The minimum atomic E-state index is -3.41. The Bertz CT molecular complexity index is 1180. The second kappa shape index (κ2) is 7.37. The predicted octanol–water partition coefficient (Wildman–Crippen LogP) is 3.18. The highest BCUT2D eigenvalue weighted by Gasteiger charge is 2.37. The van der Waals surface area contributed by atoms with Gasteiger partial charge >= 0.3 is 0 Å². The van der Waals surface area contributed by atoms with Crippen LogP contribution in [0.25, 0.3) is 0 Å². The van der Waals surface area contributed by atoms with E-state index in [2.05, 4.69) is 0 Å². The maximum absolute atomic E-state index is 12.8. The first-order chi connectivity index (χ1) is 14.1. The molecule has 0 bridgehead atoms. The summed E-state index contributed by atoms with van der Waals surface area (Å²) in [6, 6.07) is 7.37. The van der Waals surface area contributed by atoms with Crippen LogP contribution in [-0.2, 0) is 16.4 Å². The minimum Gasteiger partial charge on any atom is -0.292 e. The Balaban J connectivity index is 1.60. The molecule has 0 aliphatic carbocycles. The van der Waals surface area contributed by atoms with Gasteiger partial charge in [0.15, 0.2) is 5.78 Å². The van der Waals surface area contributed by atoms with E-state index in [-0.39, 0.29) is 21.2 Å². The molecule has 10 heteroatoms. The van der Waals surface area contributed by atoms with Gasteiger partial charge in [-0.1, -0.05) is 23.2 Å². The molecule has 2 aromatic rings. The average molecular weight is 467 g/mol. The molecule has 0 aromatic heterocycles. The lowest BCUT2D eigenvalue weighted by atomic mass is 9.99. The standard InChI is InChI=1S/C20H16Cl2N2O5S/c1-30(28,29)24-6-2-3-11-7-12(4-5-17(11)24)18(25)10-23-19(26)13-8-15(21)16(22)9-14(13)20(23)27/h4-5,7-9H,2-3,6,10H2,1H3. The van der Waals surface area contributed by atoms with Gasteiger partial charge in [-0.05, 0) is 48.7 Å². The number of nitrogens with zero attached hydrogens (tertiary/aromatic N) is 2. The molecule has 0 saturated heterocycles. The SMILES string of the molecule is CS(=O)(=O)N1CCCc2cc(C(=O)CN3C(=O)c4cc(Cl)c(Cl)cc4C3=O)ccc21. The number of sulfonamides is 1. The molecule has 4 rings (SSSR count). The molecule has 0 radical (unpaired) electrons. The lowest BCUT2D eigenvalue weighted by molar-refractivity contribution is 0.0624. The number of rotatable bonds is 4. The van der Waals surface area contributed by atoms with Crippen LogP contribution < -0.4 is 4.31 Å². The molecular formula is C20H16Cl2N2O5S. The van der Waals surface area contributed by atoms with Gasteiger partial charge in [0, 0.05) is 12.1 Å². The Labute approximate surface area is 183 Å². The Morgan fingerprint density at radius 2 is 1.63 bits per heavy atom. The Morgan fingerprint density at radius 1 is 1.03 bits per heavy atom. The first-order valence-electron chi connectivity index (χ1n) is 9.07. The first kappa shape index (κ1) is 20.8. The molecule has 2 aromatic carbocycles. The van der Waals surface area contributed by atoms with Gasteiger partial charge in [-0.2, -0.15) is 0 Å². The molecule has 2 aliphatic heterocycles. The lowest BCUT2D eigenvalue weighted by Gasteiger charge is -2.29. The number of carbonyl (C=O) groups excluding carboxylic acids is 3. The number of imide groups is 1. The molecule has 156 valence electrons. The monoisotopic (exact) mass is 466 g/mol. The topological polar surface area (TPSA) is 91.8 Å². The summed E-state index contributed by atoms with van der Waals surface area (Å²) in [7, 11) is -3.41. The fraction of sp³-hybridized carbons (Fsp3) is 0.250. The molecule has 7 nitrogen and oxygen atoms in total. The number of hydrogen-bond acceptors (Lipinski definition) is 5. The van der Waals surface area contributed by atoms with E-state index in [0.717, 1.165) is 16.7 Å². The van der Waals surface area contributed by atoms with Crippen LogP contribution in [-0.4, -0.2) is 50.3 Å². The number of hydrogen-bond donors (Lipinski definition) is 0. The van der Waals surface area contributed by atoms with Gasteiger partial charge < -0.3 is 0 Å². The van der Waals surface area contributed by atoms with E-state index in [1.165, 1.54) is 22.5 Å². The van der Waals surface area contributed by atoms with Crippen molar-refractivity contribution in [3.8, 4) is 0 Å². The summed E-state index contributed by atoms with van der Waals surface area (Å²) in [5.74, 6) is -1.65. The van der Waals surface area contributed by atoms with Crippen molar-refractivity contribution in [1.29, 1.82) is 0 Å². The largest absolute Gasteiger partial charge is 0.292 e. The molecule has 0 spiro atoms. The van der Waals surface area contributed by atoms with Crippen molar-refractivity contribution < 1.29 is 22.8 Å². The summed E-state index contributed by atoms with van der Waals surface area (Å²) in [4.78, 5) is 38.9. The van der Waals surface area contributed by atoms with Crippen LogP contribution in [0.1, 0.15) is 43.1 Å². The van der Waals surface area contributed by atoms with Gasteiger partial charge in [0.05, 0.1) is 39.7 Å². The van der Waals surface area contributed by atoms with Gasteiger partial charge in [0.25, 0.3) is 11.8 Å². The number of amides is 2. The molecule has 0 fully saturated rings. The van der Waals surface area contributed by atoms with E-state index >= 15 is 0 Å². The highest BCUT2D eigenvalue weighted by molar-refractivity contribution is 7.92. The molecular weight excluding hydrogens is 451 g/mol. The molecule has 2 amide bonds. The zero-order valence-corrected chi connectivity index (χ0v) is 18.1. The highest BCUT2D eigenvalue weighted by Crippen LogP contribution is 2.33. The van der Waals surface area contributed by atoms with Crippen molar-refractivity contribution in [2.45, 2.75) is 12.8 Å². The fourth-order valence-electron chi connectivity index (χ4n) is 3.74. The van der Waals surface area contributed by atoms with Crippen LogP contribution in [0.2, 0.25) is 10.0 Å². The van der Waals surface area contributed by atoms with Crippen LogP contribution in [0, 0.1) is 0 Å². The molecule has 0 saturated carbocycles. The van der Waals surface area contributed by atoms with Crippen LogP contribution in [0.3, 0.4) is 0 Å². The van der Waals surface area contributed by atoms with Crippen molar-refractivity contribution in [2.75, 3.05) is 23.7 Å². The smallest absolute Gasteiger partial charge is 0.262 e. The normalized spacial score (nSPS) is 16.0. The molecule has 0 N–H and O–H groups in total. The van der Waals surface area contributed by atoms with Crippen LogP contribution >= 0.6 is 23.2 Å². The summed E-state index contributed by atoms with van der Waals surface area (Å²) in [5.41, 5.74) is 1.80. The number of anilines is 1. The summed E-state index contributed by atoms with van der Waals surface area (Å²) in [5, 5.41) is 0.296. The quantitative estimate of drug-likeness (QED) is 0.509. The van der Waals surface area contributed by atoms with Crippen molar-refractivity contribution in [2.24, 2.45) is 0 Å². The second-order valence-electron chi connectivity index (χ2n) is 7.21. The summed E-state index contributed by atoms with van der Waals surface area (Å²) in [6.45, 7) is -0.0462. The molecule has 2 heterocycles. The van der Waals surface area contributed by atoms with Gasteiger partial charge in [-0.3, -0.25) is 23.6 Å². The van der Waals surface area contributed by atoms with Gasteiger partial charge in [0.2, 0.25) is 10.0 Å². The third-order valence-electron chi connectivity index (χ3n) is 5.19. The number of aryl methyl sites for hydroxylation is 1. The summed E-state index contributed by atoms with van der Waals surface area (Å²) in [6.07, 6.45) is 2.41. The number of Topliss-reactive ketones (excluding diaryl/α,β-unsaturated/α-hetero) is 1. The van der Waals surface area contributed by atoms with E-state index < -0.39 is 34.2 Å². The Kier molecular flexibility index (Phi) is 5.12. The number of carbonyl (C=O) groups is 3. The maximum Gasteiger partial charge on any atom is 0.262 e. The lowest BCUT2D eigenvalue weighted by Crippen LogP contribution is -2.36. The van der Waals surface area contributed by atoms with E-state index in [1.54, 1.807) is 12.1 Å². The Morgan fingerprint density at radius 3 is 2.20 bits per heavy atom. The van der Waals surface area contributed by atoms with Gasteiger partial charge in [-0.25, -0.2) is 8.42 Å². The third kappa shape index (κ3) is 3.49. The number of benzene rings is 2. The van der Waals surface area contributed by atoms with E-state index in [0.29, 0.717) is 30.6 Å². The van der Waals surface area contributed by atoms with Crippen molar-refractivity contribution >= 4 is 56.5 Å². The molecule has 30 heavy (non-hydrogen) atoms. The van der Waals surface area contributed by atoms with Gasteiger partial charge in [-0.15, -0.1) is 0 Å². The number of fused-ring (bicyclic) bond motifs is 2. The maximum atomic E-state index is 12.8. The Hall–Kier alpha value is -2.42. The highest BCUT2D eigenvalue weighted by atomic mass is 35.5. The van der Waals surface area contributed by atoms with E-state index in [9.17, 15) is 22.8 Å². The predicted molar refractivity (Wildman–Crippen MR) is 113 cm³/mol. The summed E-state index contributed by atoms with van der Waals surface area (Å²) < 4.78 is 25.3.